The van der Waals surface area contributed by atoms with E-state index in [0.29, 0.717) is 4.34 Å². The second-order valence-electron chi connectivity index (χ2n) is 2.12. The van der Waals surface area contributed by atoms with Gasteiger partial charge in [0.25, 0.3) is 0 Å². The Kier molecular flexibility index (Phi) is 2.11. The van der Waals surface area contributed by atoms with Crippen molar-refractivity contribution in [2.24, 2.45) is 0 Å². The third-order valence-electron chi connectivity index (χ3n) is 1.20. The first-order valence-electron chi connectivity index (χ1n) is 2.88. The van der Waals surface area contributed by atoms with Crippen LogP contribution in [0.2, 0.25) is 4.34 Å². The van der Waals surface area contributed by atoms with E-state index in [9.17, 15) is 4.79 Å². The summed E-state index contributed by atoms with van der Waals surface area (Å²) in [6, 6.07) is 1.81. The summed E-state index contributed by atoms with van der Waals surface area (Å²) < 4.78 is 0.713. The Morgan fingerprint density at radius 1 is 1.70 bits per heavy atom. The number of carbonyl (C=O) groups excluding carboxylic acids is 1. The molecule has 0 radical (unpaired) electrons. The van der Waals surface area contributed by atoms with E-state index in [1.807, 2.05) is 13.0 Å². The van der Waals surface area contributed by atoms with E-state index < -0.39 is 0 Å². The Bertz CT molecular complexity index is 245. The second-order valence-corrected chi connectivity index (χ2v) is 3.78. The van der Waals surface area contributed by atoms with Gasteiger partial charge >= 0.3 is 0 Å². The maximum Gasteiger partial charge on any atom is 0.169 e. The van der Waals surface area contributed by atoms with Crippen molar-refractivity contribution in [3.63, 3.8) is 0 Å². The Hall–Kier alpha value is -0.340. The topological polar surface area (TPSA) is 17.1 Å². The van der Waals surface area contributed by atoms with Crippen molar-refractivity contribution in [3.8, 4) is 0 Å². The lowest BCUT2D eigenvalue weighted by molar-refractivity contribution is 0.102. The highest BCUT2D eigenvalue weighted by molar-refractivity contribution is 7.18. The molecule has 10 heavy (non-hydrogen) atoms. The van der Waals surface area contributed by atoms with Crippen LogP contribution < -0.4 is 0 Å². The molecule has 0 saturated carbocycles. The number of Topliss-reactive ketones (excluding diaryl/α,β-unsaturated/α-hetero) is 1. The van der Waals surface area contributed by atoms with Gasteiger partial charge in [-0.05, 0) is 25.5 Å². The minimum absolute atomic E-state index is 0.0833. The lowest BCUT2D eigenvalue weighted by Crippen LogP contribution is -1.83. The van der Waals surface area contributed by atoms with Gasteiger partial charge in [0, 0.05) is 0 Å². The average Bonchev–Trinajstić information content (AvgIpc) is 2.13. The van der Waals surface area contributed by atoms with Gasteiger partial charge in [0.15, 0.2) is 5.78 Å². The van der Waals surface area contributed by atoms with E-state index in [1.54, 1.807) is 6.92 Å². The van der Waals surface area contributed by atoms with Crippen LogP contribution in [0.4, 0.5) is 0 Å². The fourth-order valence-corrected chi connectivity index (χ4v) is 1.73. The predicted octanol–water partition coefficient (Wildman–Crippen LogP) is 2.91. The SMILES string of the molecule is CC(=O)c1cc(C)c(Cl)s1. The van der Waals surface area contributed by atoms with Crippen LogP contribution in [0.25, 0.3) is 0 Å². The molecule has 1 nitrogen and oxygen atoms in total. The zero-order valence-corrected chi connectivity index (χ0v) is 7.34. The Balaban J connectivity index is 3.10. The van der Waals surface area contributed by atoms with Crippen molar-refractivity contribution in [3.05, 3.63) is 20.8 Å². The summed E-state index contributed by atoms with van der Waals surface area (Å²) in [6.07, 6.45) is 0. The molecule has 0 atom stereocenters. The molecule has 0 unspecified atom stereocenters. The van der Waals surface area contributed by atoms with E-state index >= 15 is 0 Å². The molecule has 0 spiro atoms. The van der Waals surface area contributed by atoms with Gasteiger partial charge in [-0.25, -0.2) is 0 Å². The van der Waals surface area contributed by atoms with Gasteiger partial charge in [-0.15, -0.1) is 11.3 Å². The average molecular weight is 175 g/mol. The van der Waals surface area contributed by atoms with E-state index in [4.69, 9.17) is 11.6 Å². The molecule has 0 aliphatic heterocycles. The summed E-state index contributed by atoms with van der Waals surface area (Å²) in [7, 11) is 0. The summed E-state index contributed by atoms with van der Waals surface area (Å²) in [5, 5.41) is 0. The molecule has 0 bridgehead atoms. The van der Waals surface area contributed by atoms with Gasteiger partial charge in [-0.1, -0.05) is 11.6 Å². The van der Waals surface area contributed by atoms with E-state index in [1.165, 1.54) is 11.3 Å². The van der Waals surface area contributed by atoms with Crippen molar-refractivity contribution in [2.45, 2.75) is 13.8 Å². The van der Waals surface area contributed by atoms with Crippen LogP contribution >= 0.6 is 22.9 Å². The van der Waals surface area contributed by atoms with Crippen LogP contribution in [0.5, 0.6) is 0 Å². The number of halogens is 1. The first kappa shape index (κ1) is 7.76. The summed E-state index contributed by atoms with van der Waals surface area (Å²) in [5.41, 5.74) is 0.983. The van der Waals surface area contributed by atoms with Crippen molar-refractivity contribution in [1.29, 1.82) is 0 Å². The number of carbonyl (C=O) groups is 1. The largest absolute Gasteiger partial charge is 0.294 e. The normalized spacial score (nSPS) is 9.90. The molecule has 0 saturated heterocycles. The summed E-state index contributed by atoms with van der Waals surface area (Å²) in [4.78, 5) is 11.5. The monoisotopic (exact) mass is 174 g/mol. The zero-order valence-electron chi connectivity index (χ0n) is 5.77. The lowest BCUT2D eigenvalue weighted by Gasteiger charge is -1.80. The standard InChI is InChI=1S/C7H7ClOS/c1-4-3-6(5(2)9)10-7(4)8/h3H,1-2H3. The van der Waals surface area contributed by atoms with Gasteiger partial charge in [0.1, 0.15) is 0 Å². The second kappa shape index (κ2) is 2.72. The van der Waals surface area contributed by atoms with Crippen LogP contribution in [0.1, 0.15) is 22.2 Å². The van der Waals surface area contributed by atoms with Crippen molar-refractivity contribution >= 4 is 28.7 Å². The highest BCUT2D eigenvalue weighted by Gasteiger charge is 2.05. The molecular formula is C7H7ClOS. The molecule has 1 heterocycles. The van der Waals surface area contributed by atoms with Crippen LogP contribution in [-0.4, -0.2) is 5.78 Å². The van der Waals surface area contributed by atoms with E-state index in [-0.39, 0.29) is 5.78 Å². The highest BCUT2D eigenvalue weighted by atomic mass is 35.5. The maximum absolute atomic E-state index is 10.8. The molecule has 0 fully saturated rings. The third kappa shape index (κ3) is 1.39. The third-order valence-corrected chi connectivity index (χ3v) is 2.86. The molecule has 3 heteroatoms. The number of rotatable bonds is 1. The van der Waals surface area contributed by atoms with Crippen LogP contribution in [0.15, 0.2) is 6.07 Å². The molecule has 0 N–H and O–H groups in total. The molecular weight excluding hydrogens is 168 g/mol. The first-order valence-corrected chi connectivity index (χ1v) is 4.07. The fraction of sp³-hybridized carbons (Fsp3) is 0.286. The van der Waals surface area contributed by atoms with Crippen molar-refractivity contribution in [1.82, 2.24) is 0 Å². The summed E-state index contributed by atoms with van der Waals surface area (Å²) in [6.45, 7) is 3.44. The van der Waals surface area contributed by atoms with Gasteiger partial charge < -0.3 is 0 Å². The molecule has 1 aromatic rings. The molecule has 1 aromatic heterocycles. The Morgan fingerprint density at radius 3 is 2.50 bits per heavy atom. The first-order chi connectivity index (χ1) is 4.61. The number of hydrogen-bond acceptors (Lipinski definition) is 2. The van der Waals surface area contributed by atoms with E-state index in [0.717, 1.165) is 10.4 Å². The van der Waals surface area contributed by atoms with Gasteiger partial charge in [-0.3, -0.25) is 4.79 Å². The number of aryl methyl sites for hydroxylation is 1. The number of ketones is 1. The molecule has 1 rings (SSSR count). The van der Waals surface area contributed by atoms with Gasteiger partial charge in [-0.2, -0.15) is 0 Å². The molecule has 0 aromatic carbocycles. The zero-order chi connectivity index (χ0) is 7.72. The maximum atomic E-state index is 10.8. The number of hydrogen-bond donors (Lipinski definition) is 0. The summed E-state index contributed by atoms with van der Waals surface area (Å²) in [5.74, 6) is 0.0833. The fourth-order valence-electron chi connectivity index (χ4n) is 0.633. The molecule has 54 valence electrons. The Morgan fingerprint density at radius 2 is 2.30 bits per heavy atom. The van der Waals surface area contributed by atoms with Crippen LogP contribution in [0.3, 0.4) is 0 Å². The minimum atomic E-state index is 0.0833. The van der Waals surface area contributed by atoms with E-state index in [2.05, 4.69) is 0 Å². The van der Waals surface area contributed by atoms with Gasteiger partial charge in [0.2, 0.25) is 0 Å². The van der Waals surface area contributed by atoms with Gasteiger partial charge in [0.05, 0.1) is 9.21 Å². The quantitative estimate of drug-likeness (QED) is 0.599. The minimum Gasteiger partial charge on any atom is -0.294 e. The Labute approximate surface area is 68.6 Å². The van der Waals surface area contributed by atoms with Crippen molar-refractivity contribution in [2.75, 3.05) is 0 Å². The smallest absolute Gasteiger partial charge is 0.169 e. The predicted molar refractivity (Wildman–Crippen MR) is 44.1 cm³/mol. The molecule has 0 amide bonds. The number of thiophene rings is 1. The molecule has 0 aliphatic carbocycles. The molecule has 0 aliphatic rings. The summed E-state index contributed by atoms with van der Waals surface area (Å²) >= 11 is 7.08. The van der Waals surface area contributed by atoms with Crippen LogP contribution in [0, 0.1) is 6.92 Å². The highest BCUT2D eigenvalue weighted by Crippen LogP contribution is 2.26. The van der Waals surface area contributed by atoms with Crippen LogP contribution in [-0.2, 0) is 0 Å². The van der Waals surface area contributed by atoms with Crippen molar-refractivity contribution < 1.29 is 4.79 Å². The lowest BCUT2D eigenvalue weighted by atomic mass is 10.3.